The predicted molar refractivity (Wildman–Crippen MR) is 316 cm³/mol. The fraction of sp³-hybridized carbons (Fsp3) is 0.375. The van der Waals surface area contributed by atoms with Gasteiger partial charge in [-0.05, 0) is 85.3 Å². The van der Waals surface area contributed by atoms with Crippen molar-refractivity contribution < 1.29 is 61.4 Å². The number of fused-ring (bicyclic) bond motifs is 8. The standard InChI is InChI=1S/C32H30N4O6.C26H21N3O6.C6H11NO.ClH/c1-38-28-13-21(32(37)36-17-24-4-3-22(36)18-40-24)16-35-30(28)29-14-26-31(42-29)25(6-9-34-26)19-2-5-27(20(12-19)15-33)41-23-7-10-39-11-8-23;1-32-22-11-17(26(30)31)14-29-24(22)23-12-20-25(35-23)19(4-7-28-20)15-2-3-21(16(10-15)13-27)34-18-5-8-33-9-6-18;1-2-6-3-7-5(1)4-8-6;/h2,5-6,9,12-14,16,22-24H,3-4,7-8,10-11,17-18H2,1H3;2-4,7,10-12,14,18H,5-6,8-9H2,1H3,(H,30,31);5-7H,1-4H2;1H. The van der Waals surface area contributed by atoms with Crippen molar-refractivity contribution in [2.24, 2.45) is 0 Å². The number of pyridine rings is 4. The number of nitrogens with zero attached hydrogens (tertiary/aromatic N) is 7. The molecule has 8 fully saturated rings. The van der Waals surface area contributed by atoms with Crippen molar-refractivity contribution in [1.29, 1.82) is 10.5 Å². The summed E-state index contributed by atoms with van der Waals surface area (Å²) in [5.41, 5.74) is 7.59. The highest BCUT2D eigenvalue weighted by atomic mass is 35.5. The molecule has 8 aliphatic rings. The molecule has 444 valence electrons. The molecule has 4 unspecified atom stereocenters. The van der Waals surface area contributed by atoms with E-state index >= 15 is 0 Å². The van der Waals surface area contributed by atoms with Crippen LogP contribution in [0.4, 0.5) is 0 Å². The van der Waals surface area contributed by atoms with Crippen LogP contribution in [-0.4, -0.2) is 145 Å². The molecule has 1 amide bonds. The fourth-order valence-electron chi connectivity index (χ4n) is 11.5. The third kappa shape index (κ3) is 12.8. The highest BCUT2D eigenvalue weighted by molar-refractivity contribution is 5.97. The lowest BCUT2D eigenvalue weighted by Crippen LogP contribution is -2.56. The number of amides is 1. The molecule has 6 aromatic heterocycles. The Kier molecular flexibility index (Phi) is 18.4. The number of carbonyl (C=O) groups is 2. The maximum absolute atomic E-state index is 13.3. The Bertz CT molecular complexity index is 3810. The number of furan rings is 2. The number of piperidine rings is 2. The third-order valence-electron chi connectivity index (χ3n) is 16.1. The minimum absolute atomic E-state index is 0. The average molecular weight is 1190 g/mol. The average Bonchev–Trinajstić information content (AvgIpc) is 3.61. The summed E-state index contributed by atoms with van der Waals surface area (Å²) in [5.74, 6) is 1.48. The lowest BCUT2D eigenvalue weighted by Gasteiger charge is -2.45. The molecule has 16 rings (SSSR count). The zero-order valence-electron chi connectivity index (χ0n) is 47.4. The van der Waals surface area contributed by atoms with Crippen molar-refractivity contribution in [3.8, 4) is 80.3 Å². The maximum atomic E-state index is 13.3. The van der Waals surface area contributed by atoms with Gasteiger partial charge in [-0.3, -0.25) is 14.8 Å². The Morgan fingerprint density at radius 1 is 0.616 bits per heavy atom. The van der Waals surface area contributed by atoms with Gasteiger partial charge in [0.05, 0.1) is 94.4 Å². The molecule has 4 bridgehead atoms. The maximum Gasteiger partial charge on any atom is 0.337 e. The van der Waals surface area contributed by atoms with Crippen LogP contribution in [0.15, 0.2) is 106 Å². The van der Waals surface area contributed by atoms with Crippen LogP contribution in [0.5, 0.6) is 23.0 Å². The SMILES string of the molecule is C1CC2CNC1CO2.COc1cc(C(=O)N2CC3CCC2CO3)cnc1-c1cc2nccc(-c3ccc(OC4CCOCC4)c(C#N)c3)c2o1.COc1cc(C(=O)O)cnc1-c1cc2nccc(-c3ccc(OC4CCOCC4)c(C#N)c3)c2o1.Cl. The number of halogens is 1. The van der Waals surface area contributed by atoms with E-state index in [0.29, 0.717) is 131 Å². The first kappa shape index (κ1) is 59.1. The van der Waals surface area contributed by atoms with Crippen LogP contribution < -0.4 is 24.3 Å². The van der Waals surface area contributed by atoms with Gasteiger partial charge in [-0.1, -0.05) is 12.1 Å². The lowest BCUT2D eigenvalue weighted by molar-refractivity contribution is -0.0915. The highest BCUT2D eigenvalue weighted by Gasteiger charge is 2.38. The molecule has 2 aromatic carbocycles. The van der Waals surface area contributed by atoms with Crippen molar-refractivity contribution in [3.05, 3.63) is 120 Å². The Hall–Kier alpha value is -8.67. The molecule has 8 aliphatic heterocycles. The molecular formula is C64H63ClN8O13. The predicted octanol–water partition coefficient (Wildman–Crippen LogP) is 10.3. The first-order chi connectivity index (χ1) is 41.6. The van der Waals surface area contributed by atoms with Crippen molar-refractivity contribution >= 4 is 46.5 Å². The molecule has 0 aliphatic carbocycles. The van der Waals surface area contributed by atoms with Crippen LogP contribution in [0.25, 0.3) is 67.4 Å². The number of benzene rings is 2. The van der Waals surface area contributed by atoms with Crippen LogP contribution in [0.3, 0.4) is 0 Å². The van der Waals surface area contributed by atoms with E-state index < -0.39 is 5.97 Å². The summed E-state index contributed by atoms with van der Waals surface area (Å²) < 4.78 is 57.6. The monoisotopic (exact) mass is 1190 g/mol. The number of hydrogen-bond acceptors (Lipinski definition) is 19. The number of methoxy groups -OCH3 is 2. The van der Waals surface area contributed by atoms with Crippen molar-refractivity contribution in [2.45, 2.75) is 87.9 Å². The summed E-state index contributed by atoms with van der Waals surface area (Å²) in [5, 5.41) is 32.2. The van der Waals surface area contributed by atoms with Gasteiger partial charge >= 0.3 is 5.97 Å². The molecule has 0 spiro atoms. The summed E-state index contributed by atoms with van der Waals surface area (Å²) in [6.07, 6.45) is 14.6. The van der Waals surface area contributed by atoms with E-state index in [1.807, 2.05) is 41.3 Å². The van der Waals surface area contributed by atoms with Crippen molar-refractivity contribution in [3.63, 3.8) is 0 Å². The van der Waals surface area contributed by atoms with E-state index in [0.717, 1.165) is 73.9 Å². The number of aromatic carboxylic acids is 1. The summed E-state index contributed by atoms with van der Waals surface area (Å²) in [4.78, 5) is 44.2. The molecule has 21 nitrogen and oxygen atoms in total. The largest absolute Gasteiger partial charge is 0.494 e. The second-order valence-electron chi connectivity index (χ2n) is 21.5. The van der Waals surface area contributed by atoms with Gasteiger partial charge in [0, 0.05) is 92.9 Å². The Labute approximate surface area is 501 Å². The Morgan fingerprint density at radius 2 is 1.14 bits per heavy atom. The quantitative estimate of drug-likeness (QED) is 0.115. The van der Waals surface area contributed by atoms with Crippen LogP contribution >= 0.6 is 12.4 Å². The minimum Gasteiger partial charge on any atom is -0.494 e. The van der Waals surface area contributed by atoms with Gasteiger partial charge in [0.2, 0.25) is 0 Å². The lowest BCUT2D eigenvalue weighted by atomic mass is 9.96. The van der Waals surface area contributed by atoms with Gasteiger partial charge in [0.15, 0.2) is 22.7 Å². The van der Waals surface area contributed by atoms with Gasteiger partial charge in [-0.25, -0.2) is 14.8 Å². The number of nitriles is 2. The summed E-state index contributed by atoms with van der Waals surface area (Å²) >= 11 is 0. The van der Waals surface area contributed by atoms with Crippen molar-refractivity contribution in [1.82, 2.24) is 30.2 Å². The number of carboxylic acids is 1. The number of ether oxygens (including phenoxy) is 8. The molecule has 86 heavy (non-hydrogen) atoms. The Morgan fingerprint density at radius 3 is 1.55 bits per heavy atom. The van der Waals surface area contributed by atoms with E-state index in [1.165, 1.54) is 32.2 Å². The second kappa shape index (κ2) is 26.7. The molecule has 8 saturated heterocycles. The van der Waals surface area contributed by atoms with Crippen LogP contribution in [0.1, 0.15) is 83.2 Å². The molecule has 2 N–H and O–H groups in total. The Balaban J connectivity index is 0.000000158. The van der Waals surface area contributed by atoms with Crippen LogP contribution in [-0.2, 0) is 18.9 Å². The van der Waals surface area contributed by atoms with E-state index in [2.05, 4.69) is 37.4 Å². The normalized spacial score (nSPS) is 19.8. The summed E-state index contributed by atoms with van der Waals surface area (Å²) in [7, 11) is 2.98. The second-order valence-corrected chi connectivity index (χ2v) is 21.5. The molecule has 22 heteroatoms. The summed E-state index contributed by atoms with van der Waals surface area (Å²) in [6.45, 7) is 5.84. The smallest absolute Gasteiger partial charge is 0.337 e. The van der Waals surface area contributed by atoms with E-state index in [4.69, 9.17) is 46.7 Å². The van der Waals surface area contributed by atoms with Gasteiger partial charge in [0.25, 0.3) is 5.91 Å². The summed E-state index contributed by atoms with van der Waals surface area (Å²) in [6, 6.07) is 26.6. The number of hydrogen-bond donors (Lipinski definition) is 2. The molecule has 0 saturated carbocycles. The first-order valence-electron chi connectivity index (χ1n) is 28.6. The highest BCUT2D eigenvalue weighted by Crippen LogP contribution is 2.40. The van der Waals surface area contributed by atoms with E-state index in [1.54, 1.807) is 56.0 Å². The van der Waals surface area contributed by atoms with Crippen LogP contribution in [0.2, 0.25) is 0 Å². The van der Waals surface area contributed by atoms with E-state index in [9.17, 15) is 25.2 Å². The number of aromatic nitrogens is 4. The number of carboxylic acid groups (broad SMARTS) is 1. The van der Waals surface area contributed by atoms with Gasteiger partial charge < -0.3 is 62.1 Å². The zero-order valence-corrected chi connectivity index (χ0v) is 48.2. The zero-order chi connectivity index (χ0) is 58.4. The first-order valence-corrected chi connectivity index (χ1v) is 28.6. The number of nitrogens with one attached hydrogen (secondary N) is 1. The van der Waals surface area contributed by atoms with Crippen LogP contribution in [0, 0.1) is 22.7 Å². The number of morpholine rings is 2. The fourth-order valence-corrected chi connectivity index (χ4v) is 11.5. The molecule has 0 radical (unpaired) electrons. The topological polar surface area (TPSA) is 269 Å². The van der Waals surface area contributed by atoms with Gasteiger partial charge in [0.1, 0.15) is 69.8 Å². The van der Waals surface area contributed by atoms with Crippen molar-refractivity contribution in [2.75, 3.05) is 67.0 Å². The van der Waals surface area contributed by atoms with E-state index in [-0.39, 0.29) is 54.0 Å². The molecule has 14 heterocycles. The molecule has 8 aromatic rings. The molecule has 4 atom stereocenters. The minimum atomic E-state index is -1.10. The molecular weight excluding hydrogens is 1120 g/mol. The third-order valence-corrected chi connectivity index (χ3v) is 16.1. The van der Waals surface area contributed by atoms with Gasteiger partial charge in [-0.2, -0.15) is 10.5 Å². The van der Waals surface area contributed by atoms with Gasteiger partial charge in [-0.15, -0.1) is 12.4 Å². The number of rotatable bonds is 12. The number of carbonyl (C=O) groups excluding carboxylic acids is 1.